The second kappa shape index (κ2) is 9.93. The molecule has 0 radical (unpaired) electrons. The maximum atomic E-state index is 11.3. The van der Waals surface area contributed by atoms with Gasteiger partial charge >= 0.3 is 5.97 Å². The predicted octanol–water partition coefficient (Wildman–Crippen LogP) is 4.25. The largest absolute Gasteiger partial charge is 0.492 e. The van der Waals surface area contributed by atoms with Crippen LogP contribution < -0.4 is 10.1 Å². The van der Waals surface area contributed by atoms with Crippen LogP contribution in [0.25, 0.3) is 11.1 Å². The summed E-state index contributed by atoms with van der Waals surface area (Å²) in [7, 11) is 0. The number of nitrogens with one attached hydrogen (secondary N) is 1. The summed E-state index contributed by atoms with van der Waals surface area (Å²) in [6, 6.07) is 10.1. The first kappa shape index (κ1) is 21.5. The van der Waals surface area contributed by atoms with E-state index in [1.165, 1.54) is 6.92 Å². The van der Waals surface area contributed by atoms with Crippen molar-refractivity contribution in [3.8, 4) is 16.9 Å². The number of esters is 1. The molecule has 2 rings (SSSR count). The van der Waals surface area contributed by atoms with E-state index in [2.05, 4.69) is 25.2 Å². The lowest BCUT2D eigenvalue weighted by Crippen LogP contribution is -2.27. The maximum absolute atomic E-state index is 11.3. The monoisotopic (exact) mass is 383 g/mol. The van der Waals surface area contributed by atoms with Crippen LogP contribution in [0.3, 0.4) is 0 Å². The number of hydrogen-bond donors (Lipinski definition) is 1. The van der Waals surface area contributed by atoms with Crippen molar-refractivity contribution in [3.63, 3.8) is 0 Å². The third-order valence-corrected chi connectivity index (χ3v) is 4.67. The lowest BCUT2D eigenvalue weighted by Gasteiger charge is -2.17. The van der Waals surface area contributed by atoms with Crippen LogP contribution in [0.5, 0.6) is 5.75 Å². The van der Waals surface area contributed by atoms with Gasteiger partial charge in [0.25, 0.3) is 0 Å². The first-order valence-corrected chi connectivity index (χ1v) is 9.56. The molecule has 0 fully saturated rings. The van der Waals surface area contributed by atoms with Crippen LogP contribution in [0.1, 0.15) is 42.5 Å². The third kappa shape index (κ3) is 5.59. The van der Waals surface area contributed by atoms with E-state index in [9.17, 15) is 9.59 Å². The predicted molar refractivity (Wildman–Crippen MR) is 110 cm³/mol. The average molecular weight is 383 g/mol. The smallest absolute Gasteiger partial charge is 0.302 e. The first-order valence-electron chi connectivity index (χ1n) is 9.56. The fourth-order valence-electron chi connectivity index (χ4n) is 3.21. The summed E-state index contributed by atoms with van der Waals surface area (Å²) in [5.74, 6) is 0.530. The number of carbonyl (C=O) groups is 2. The molecular formula is C23H29NO4. The summed E-state index contributed by atoms with van der Waals surface area (Å²) in [6.07, 6.45) is 0.475. The summed E-state index contributed by atoms with van der Waals surface area (Å²) in [5, 5.41) is 2.80. The fourth-order valence-corrected chi connectivity index (χ4v) is 3.21. The van der Waals surface area contributed by atoms with Gasteiger partial charge in [-0.15, -0.1) is 0 Å². The highest BCUT2D eigenvalue weighted by molar-refractivity contribution is 5.76. The summed E-state index contributed by atoms with van der Waals surface area (Å²) >= 11 is 0. The molecule has 0 aliphatic rings. The van der Waals surface area contributed by atoms with E-state index >= 15 is 0 Å². The molecule has 0 saturated carbocycles. The molecule has 0 bridgehead atoms. The molecule has 0 saturated heterocycles. The Balaban J connectivity index is 2.20. The minimum absolute atomic E-state index is 0.0235. The Bertz CT molecular complexity index is 835. The fraction of sp³-hybridized carbons (Fsp3) is 0.391. The Morgan fingerprint density at radius 1 is 1.07 bits per heavy atom. The summed E-state index contributed by atoms with van der Waals surface area (Å²) < 4.78 is 11.0. The van der Waals surface area contributed by atoms with Gasteiger partial charge in [-0.25, -0.2) is 0 Å². The molecule has 0 heterocycles. The van der Waals surface area contributed by atoms with Crippen molar-refractivity contribution in [2.24, 2.45) is 0 Å². The Morgan fingerprint density at radius 2 is 1.75 bits per heavy atom. The van der Waals surface area contributed by atoms with Crippen molar-refractivity contribution in [2.45, 2.75) is 47.6 Å². The molecule has 0 aromatic heterocycles. The zero-order valence-electron chi connectivity index (χ0n) is 17.3. The highest BCUT2D eigenvalue weighted by atomic mass is 16.5. The summed E-state index contributed by atoms with van der Waals surface area (Å²) in [5.41, 5.74) is 6.61. The van der Waals surface area contributed by atoms with Gasteiger partial charge in [-0.2, -0.15) is 0 Å². The molecule has 5 nitrogen and oxygen atoms in total. The summed E-state index contributed by atoms with van der Waals surface area (Å²) in [6.45, 7) is 10.6. The molecule has 0 spiro atoms. The van der Waals surface area contributed by atoms with Gasteiger partial charge in [0.05, 0.1) is 6.54 Å². The number of hydrogen-bond acceptors (Lipinski definition) is 4. The molecule has 2 aromatic carbocycles. The summed E-state index contributed by atoms with van der Waals surface area (Å²) in [4.78, 5) is 22.4. The van der Waals surface area contributed by atoms with Gasteiger partial charge in [-0.1, -0.05) is 25.1 Å². The number of benzene rings is 2. The van der Waals surface area contributed by atoms with Crippen LogP contribution in [0.4, 0.5) is 0 Å². The zero-order chi connectivity index (χ0) is 20.7. The van der Waals surface area contributed by atoms with Gasteiger partial charge in [-0.05, 0) is 66.3 Å². The molecule has 5 heteroatoms. The van der Waals surface area contributed by atoms with Crippen molar-refractivity contribution >= 4 is 11.9 Å². The molecule has 0 aliphatic carbocycles. The van der Waals surface area contributed by atoms with Gasteiger partial charge in [0.1, 0.15) is 19.0 Å². The molecule has 1 amide bonds. The van der Waals surface area contributed by atoms with Gasteiger partial charge in [0.15, 0.2) is 0 Å². The standard InChI is InChI=1S/C23H29NO4/c1-6-22(26)24-10-11-27-20-12-15(2)23(16(3)13-20)21-9-7-8-19(17(21)4)14-28-18(5)25/h7-9,12-13H,6,10-11,14H2,1-5H3,(H,24,26). The number of carbonyl (C=O) groups excluding carboxylic acids is 2. The minimum atomic E-state index is -0.284. The van der Waals surface area contributed by atoms with Crippen molar-refractivity contribution in [2.75, 3.05) is 13.2 Å². The van der Waals surface area contributed by atoms with Gasteiger partial charge in [-0.3, -0.25) is 9.59 Å². The third-order valence-electron chi connectivity index (χ3n) is 4.67. The lowest BCUT2D eigenvalue weighted by atomic mass is 9.90. The molecule has 28 heavy (non-hydrogen) atoms. The lowest BCUT2D eigenvalue weighted by molar-refractivity contribution is -0.142. The average Bonchev–Trinajstić information content (AvgIpc) is 2.64. The Hall–Kier alpha value is -2.82. The van der Waals surface area contributed by atoms with E-state index in [1.54, 1.807) is 0 Å². The molecule has 0 aliphatic heterocycles. The van der Waals surface area contributed by atoms with Crippen molar-refractivity contribution in [1.29, 1.82) is 0 Å². The van der Waals surface area contributed by atoms with E-state index < -0.39 is 0 Å². The van der Waals surface area contributed by atoms with Crippen LogP contribution in [0.2, 0.25) is 0 Å². The number of aryl methyl sites for hydroxylation is 2. The quantitative estimate of drug-likeness (QED) is 0.547. The van der Waals surface area contributed by atoms with Crippen LogP contribution >= 0.6 is 0 Å². The van der Waals surface area contributed by atoms with E-state index in [0.717, 1.165) is 39.1 Å². The Kier molecular flexibility index (Phi) is 7.61. The molecular weight excluding hydrogens is 354 g/mol. The molecule has 1 N–H and O–H groups in total. The van der Waals surface area contributed by atoms with Crippen molar-refractivity contribution < 1.29 is 19.1 Å². The SMILES string of the molecule is CCC(=O)NCCOc1cc(C)c(-c2cccc(COC(C)=O)c2C)c(C)c1. The molecule has 0 atom stereocenters. The zero-order valence-corrected chi connectivity index (χ0v) is 17.3. The van der Waals surface area contributed by atoms with Crippen molar-refractivity contribution in [3.05, 3.63) is 52.6 Å². The number of amides is 1. The van der Waals surface area contributed by atoms with E-state index in [0.29, 0.717) is 19.6 Å². The topological polar surface area (TPSA) is 64.6 Å². The van der Waals surface area contributed by atoms with Crippen LogP contribution in [0, 0.1) is 20.8 Å². The van der Waals surface area contributed by atoms with Gasteiger partial charge in [0, 0.05) is 13.3 Å². The second-order valence-corrected chi connectivity index (χ2v) is 6.85. The number of ether oxygens (including phenoxy) is 2. The Morgan fingerprint density at radius 3 is 2.36 bits per heavy atom. The van der Waals surface area contributed by atoms with E-state index in [1.807, 2.05) is 38.1 Å². The van der Waals surface area contributed by atoms with Crippen LogP contribution in [0.15, 0.2) is 30.3 Å². The van der Waals surface area contributed by atoms with Gasteiger partial charge in [0.2, 0.25) is 5.91 Å². The molecule has 0 unspecified atom stereocenters. The first-order chi connectivity index (χ1) is 13.3. The number of rotatable bonds is 8. The highest BCUT2D eigenvalue weighted by Gasteiger charge is 2.13. The van der Waals surface area contributed by atoms with Crippen molar-refractivity contribution in [1.82, 2.24) is 5.32 Å². The van der Waals surface area contributed by atoms with Crippen LogP contribution in [-0.2, 0) is 20.9 Å². The minimum Gasteiger partial charge on any atom is -0.492 e. The molecule has 2 aromatic rings. The molecule has 150 valence electrons. The normalized spacial score (nSPS) is 10.5. The highest BCUT2D eigenvalue weighted by Crippen LogP contribution is 2.34. The van der Waals surface area contributed by atoms with Crippen LogP contribution in [-0.4, -0.2) is 25.0 Å². The maximum Gasteiger partial charge on any atom is 0.302 e. The van der Waals surface area contributed by atoms with Gasteiger partial charge < -0.3 is 14.8 Å². The van der Waals surface area contributed by atoms with E-state index in [-0.39, 0.29) is 18.5 Å². The second-order valence-electron chi connectivity index (χ2n) is 6.85. The Labute approximate surface area is 167 Å². The van der Waals surface area contributed by atoms with E-state index in [4.69, 9.17) is 9.47 Å².